The van der Waals surface area contributed by atoms with Crippen LogP contribution in [0.1, 0.15) is 52.7 Å². The van der Waals surface area contributed by atoms with Gasteiger partial charge in [-0.25, -0.2) is 9.97 Å². The molecular formula is C38H47N9O8. The number of carbonyl (C=O) groups excluding carboxylic acids is 3. The number of pyridine rings is 1. The molecule has 0 atom stereocenters. The number of piperidine rings is 1. The first-order valence-corrected chi connectivity index (χ1v) is 18.2. The van der Waals surface area contributed by atoms with Crippen molar-refractivity contribution in [3.63, 3.8) is 0 Å². The molecule has 0 spiro atoms. The molecule has 5 rings (SSSR count). The molecule has 0 saturated carbocycles. The topological polar surface area (TPSA) is 221 Å². The highest BCUT2D eigenvalue weighted by molar-refractivity contribution is 6.45. The maximum Gasteiger partial charge on any atom is 0.295 e. The number of rotatable bonds is 20. The molecule has 17 heteroatoms. The van der Waals surface area contributed by atoms with E-state index in [-0.39, 0.29) is 42.7 Å². The van der Waals surface area contributed by atoms with Crippen LogP contribution < -0.4 is 10.1 Å². The summed E-state index contributed by atoms with van der Waals surface area (Å²) in [6.45, 7) is 5.24. The van der Waals surface area contributed by atoms with Gasteiger partial charge in [-0.05, 0) is 37.3 Å². The number of aliphatic hydroxyl groups is 2. The molecule has 2 amide bonds. The Kier molecular flexibility index (Phi) is 15.0. The number of carbonyl (C=O) groups is 3. The SMILES string of the molecule is CCOCCOCCN(CCCNC(=O)c1ncn(-c2ncc(OC)c3c(C(=O)C(=O)N4CCC(=C(C#N)c5ccccc5)CC4)c[nH]c23)n1)C(CO)CO. The lowest BCUT2D eigenvalue weighted by Crippen LogP contribution is -2.44. The van der Waals surface area contributed by atoms with Crippen LogP contribution in [0.3, 0.4) is 0 Å². The number of ether oxygens (including phenoxy) is 3. The molecule has 3 aromatic heterocycles. The van der Waals surface area contributed by atoms with Crippen LogP contribution in [0, 0.1) is 11.3 Å². The van der Waals surface area contributed by atoms with Crippen LogP contribution in [0.2, 0.25) is 0 Å². The zero-order valence-corrected chi connectivity index (χ0v) is 31.1. The van der Waals surface area contributed by atoms with Crippen LogP contribution in [-0.4, -0.2) is 148 Å². The van der Waals surface area contributed by atoms with E-state index in [1.54, 1.807) is 0 Å². The van der Waals surface area contributed by atoms with Gasteiger partial charge in [0.15, 0.2) is 5.82 Å². The number of amides is 2. The average Bonchev–Trinajstić information content (AvgIpc) is 3.90. The first-order chi connectivity index (χ1) is 26.8. The van der Waals surface area contributed by atoms with E-state index in [1.165, 1.54) is 35.4 Å². The summed E-state index contributed by atoms with van der Waals surface area (Å²) in [5.41, 5.74) is 2.81. The number of H-pyrrole nitrogens is 1. The molecule has 1 aromatic carbocycles. The Morgan fingerprint density at radius 3 is 2.49 bits per heavy atom. The standard InChI is InChI=1S/C38H47N9O8/c1-3-54-18-19-55-17-16-45(28(23-48)24-49)13-7-12-40-37(51)35-43-25-47(44-35)36-33-32(31(53-2)22-42-36)30(21-41-33)34(50)38(52)46-14-10-27(11-15-46)29(20-39)26-8-5-4-6-9-26/h4-6,8-9,21-22,25,28,41,48-49H,3,7,10-19,23-24H2,1-2H3,(H,40,51). The van der Waals surface area contributed by atoms with E-state index in [0.29, 0.717) is 88.3 Å². The van der Waals surface area contributed by atoms with Crippen molar-refractivity contribution in [3.05, 3.63) is 71.6 Å². The summed E-state index contributed by atoms with van der Waals surface area (Å²) >= 11 is 0. The maximum atomic E-state index is 13.7. The van der Waals surface area contributed by atoms with Gasteiger partial charge >= 0.3 is 0 Å². The summed E-state index contributed by atoms with van der Waals surface area (Å²) in [6.07, 6.45) is 5.62. The molecule has 292 valence electrons. The van der Waals surface area contributed by atoms with Crippen LogP contribution in [-0.2, 0) is 14.3 Å². The number of hydrogen-bond acceptors (Lipinski definition) is 13. The first kappa shape index (κ1) is 40.7. The molecule has 0 radical (unpaired) electrons. The van der Waals surface area contributed by atoms with Crippen molar-refractivity contribution in [3.8, 4) is 17.6 Å². The zero-order chi connectivity index (χ0) is 39.2. The van der Waals surface area contributed by atoms with E-state index in [0.717, 1.165) is 11.1 Å². The van der Waals surface area contributed by atoms with Gasteiger partial charge in [-0.3, -0.25) is 19.3 Å². The van der Waals surface area contributed by atoms with E-state index in [2.05, 4.69) is 31.4 Å². The van der Waals surface area contributed by atoms with Gasteiger partial charge in [0, 0.05) is 45.5 Å². The predicted molar refractivity (Wildman–Crippen MR) is 200 cm³/mol. The molecule has 0 unspecified atom stereocenters. The van der Waals surface area contributed by atoms with Gasteiger partial charge in [-0.2, -0.15) is 9.94 Å². The third-order valence-corrected chi connectivity index (χ3v) is 9.35. The zero-order valence-electron chi connectivity index (χ0n) is 31.1. The lowest BCUT2D eigenvalue weighted by atomic mass is 9.93. The Labute approximate surface area is 318 Å². The van der Waals surface area contributed by atoms with Crippen molar-refractivity contribution in [2.45, 2.75) is 32.2 Å². The summed E-state index contributed by atoms with van der Waals surface area (Å²) in [4.78, 5) is 55.2. The molecule has 1 saturated heterocycles. The highest BCUT2D eigenvalue weighted by atomic mass is 16.5. The summed E-state index contributed by atoms with van der Waals surface area (Å²) < 4.78 is 17.7. The molecule has 0 aliphatic carbocycles. The molecule has 1 fully saturated rings. The predicted octanol–water partition coefficient (Wildman–Crippen LogP) is 1.76. The number of hydrogen-bond donors (Lipinski definition) is 4. The number of allylic oxidation sites excluding steroid dienone is 1. The lowest BCUT2D eigenvalue weighted by molar-refractivity contribution is -0.126. The first-order valence-electron chi connectivity index (χ1n) is 18.2. The molecule has 4 heterocycles. The fourth-order valence-corrected chi connectivity index (χ4v) is 6.40. The number of nitriles is 1. The Hall–Kier alpha value is -5.51. The molecular weight excluding hydrogens is 710 g/mol. The fourth-order valence-electron chi connectivity index (χ4n) is 6.40. The van der Waals surface area contributed by atoms with Gasteiger partial charge in [0.1, 0.15) is 12.1 Å². The summed E-state index contributed by atoms with van der Waals surface area (Å²) in [7, 11) is 1.43. The number of aromatic amines is 1. The molecule has 0 bridgehead atoms. The van der Waals surface area contributed by atoms with Crippen LogP contribution >= 0.6 is 0 Å². The summed E-state index contributed by atoms with van der Waals surface area (Å²) in [6, 6.07) is 11.2. The highest BCUT2D eigenvalue weighted by Crippen LogP contribution is 2.32. The Bertz CT molecular complexity index is 1970. The number of nitrogens with one attached hydrogen (secondary N) is 2. The summed E-state index contributed by atoms with van der Waals surface area (Å²) in [5.74, 6) is -1.55. The largest absolute Gasteiger partial charge is 0.494 e. The number of ketones is 1. The van der Waals surface area contributed by atoms with Crippen LogP contribution in [0.25, 0.3) is 22.3 Å². The summed E-state index contributed by atoms with van der Waals surface area (Å²) in [5, 5.41) is 36.7. The molecule has 1 aliphatic heterocycles. The number of methoxy groups -OCH3 is 1. The van der Waals surface area contributed by atoms with Gasteiger partial charge in [0.05, 0.1) is 80.5 Å². The van der Waals surface area contributed by atoms with Crippen molar-refractivity contribution in [2.75, 3.05) is 79.5 Å². The number of fused-ring (bicyclic) bond motifs is 1. The second-order valence-corrected chi connectivity index (χ2v) is 12.7. The monoisotopic (exact) mass is 757 g/mol. The third-order valence-electron chi connectivity index (χ3n) is 9.35. The molecule has 4 aromatic rings. The minimum Gasteiger partial charge on any atom is -0.494 e. The highest BCUT2D eigenvalue weighted by Gasteiger charge is 2.30. The van der Waals surface area contributed by atoms with E-state index in [1.807, 2.05) is 42.2 Å². The van der Waals surface area contributed by atoms with Crippen molar-refractivity contribution < 1.29 is 38.8 Å². The van der Waals surface area contributed by atoms with E-state index >= 15 is 0 Å². The maximum absolute atomic E-state index is 13.7. The Balaban J connectivity index is 1.22. The number of aromatic nitrogens is 5. The normalized spacial score (nSPS) is 13.0. The number of likely N-dealkylation sites (tertiary alicyclic amines) is 1. The Morgan fingerprint density at radius 2 is 1.80 bits per heavy atom. The second-order valence-electron chi connectivity index (χ2n) is 12.7. The van der Waals surface area contributed by atoms with E-state index < -0.39 is 23.6 Å². The van der Waals surface area contributed by atoms with Crippen molar-refractivity contribution in [2.24, 2.45) is 0 Å². The third kappa shape index (κ3) is 9.98. The quantitative estimate of drug-likeness (QED) is 0.0438. The minimum absolute atomic E-state index is 0.0951. The van der Waals surface area contributed by atoms with Gasteiger partial charge in [-0.1, -0.05) is 30.3 Å². The van der Waals surface area contributed by atoms with Gasteiger partial charge in [-0.15, -0.1) is 5.10 Å². The number of nitrogens with zero attached hydrogens (tertiary/aromatic N) is 7. The fraction of sp³-hybridized carbons (Fsp3) is 0.447. The average molecular weight is 758 g/mol. The van der Waals surface area contributed by atoms with Crippen LogP contribution in [0.5, 0.6) is 5.75 Å². The van der Waals surface area contributed by atoms with E-state index in [9.17, 15) is 29.9 Å². The van der Waals surface area contributed by atoms with Crippen molar-refractivity contribution >= 4 is 34.1 Å². The van der Waals surface area contributed by atoms with Gasteiger partial charge < -0.3 is 39.6 Å². The number of Topliss-reactive ketones (excluding diaryl/α,β-unsaturated/α-hetero) is 1. The van der Waals surface area contributed by atoms with Crippen molar-refractivity contribution in [1.29, 1.82) is 5.26 Å². The van der Waals surface area contributed by atoms with Crippen LogP contribution in [0.15, 0.2) is 54.6 Å². The smallest absolute Gasteiger partial charge is 0.295 e. The van der Waals surface area contributed by atoms with Gasteiger partial charge in [0.25, 0.3) is 17.6 Å². The van der Waals surface area contributed by atoms with Gasteiger partial charge in [0.2, 0.25) is 5.82 Å². The second kappa shape index (κ2) is 20.2. The number of benzene rings is 1. The number of aliphatic hydroxyl groups excluding tert-OH is 2. The lowest BCUT2D eigenvalue weighted by Gasteiger charge is -2.29. The molecule has 17 nitrogen and oxygen atoms in total. The Morgan fingerprint density at radius 1 is 1.05 bits per heavy atom. The van der Waals surface area contributed by atoms with Crippen molar-refractivity contribution in [1.82, 2.24) is 39.8 Å². The molecule has 1 aliphatic rings. The molecule has 55 heavy (non-hydrogen) atoms. The molecule has 4 N–H and O–H groups in total. The van der Waals surface area contributed by atoms with Crippen LogP contribution in [0.4, 0.5) is 0 Å². The minimum atomic E-state index is -0.728. The van der Waals surface area contributed by atoms with E-state index in [4.69, 9.17) is 14.2 Å².